The zero-order valence-electron chi connectivity index (χ0n) is 16.5. The first-order valence-electron chi connectivity index (χ1n) is 8.98. The molecule has 0 amide bonds. The number of methoxy groups -OCH3 is 3. The standard InChI is InChI=1S/C21H29N3O3/c1-22-21(24-15-17-7-10-18(25-2)11-8-17)23-13-5-6-16-9-12-19(26-3)20(14-16)27-4/h7-12,14H,5-6,13,15H2,1-4H3,(H2,22,23,24). The highest BCUT2D eigenvalue weighted by molar-refractivity contribution is 5.79. The topological polar surface area (TPSA) is 64.1 Å². The second-order valence-electron chi connectivity index (χ2n) is 5.99. The van der Waals surface area contributed by atoms with Gasteiger partial charge in [0.25, 0.3) is 0 Å². The summed E-state index contributed by atoms with van der Waals surface area (Å²) in [5.41, 5.74) is 2.39. The van der Waals surface area contributed by atoms with Crippen LogP contribution in [0.3, 0.4) is 0 Å². The molecule has 27 heavy (non-hydrogen) atoms. The first kappa shape index (κ1) is 20.4. The number of guanidine groups is 1. The lowest BCUT2D eigenvalue weighted by Gasteiger charge is -2.13. The number of aryl methyl sites for hydroxylation is 1. The Morgan fingerprint density at radius 1 is 0.852 bits per heavy atom. The van der Waals surface area contributed by atoms with E-state index in [1.165, 1.54) is 11.1 Å². The third-order valence-corrected chi connectivity index (χ3v) is 4.23. The van der Waals surface area contributed by atoms with E-state index in [1.54, 1.807) is 28.4 Å². The molecule has 2 N–H and O–H groups in total. The summed E-state index contributed by atoms with van der Waals surface area (Å²) in [6.07, 6.45) is 1.93. The molecule has 0 aliphatic rings. The van der Waals surface area contributed by atoms with Crippen LogP contribution in [0.1, 0.15) is 17.5 Å². The molecule has 2 aromatic carbocycles. The van der Waals surface area contributed by atoms with Gasteiger partial charge in [-0.2, -0.15) is 0 Å². The van der Waals surface area contributed by atoms with Crippen molar-refractivity contribution >= 4 is 5.96 Å². The molecule has 0 saturated heterocycles. The van der Waals surface area contributed by atoms with Gasteiger partial charge in [-0.3, -0.25) is 4.99 Å². The molecule has 0 aliphatic heterocycles. The molecule has 0 heterocycles. The third-order valence-electron chi connectivity index (χ3n) is 4.23. The number of rotatable bonds is 9. The number of nitrogens with zero attached hydrogens (tertiary/aromatic N) is 1. The van der Waals surface area contributed by atoms with Crippen LogP contribution in [0.2, 0.25) is 0 Å². The Hall–Kier alpha value is -2.89. The van der Waals surface area contributed by atoms with Gasteiger partial charge in [0, 0.05) is 20.1 Å². The average molecular weight is 371 g/mol. The van der Waals surface area contributed by atoms with Gasteiger partial charge in [0.05, 0.1) is 21.3 Å². The van der Waals surface area contributed by atoms with E-state index in [4.69, 9.17) is 14.2 Å². The molecule has 0 spiro atoms. The maximum Gasteiger partial charge on any atom is 0.191 e. The number of benzene rings is 2. The first-order valence-corrected chi connectivity index (χ1v) is 8.98. The fourth-order valence-corrected chi connectivity index (χ4v) is 2.69. The van der Waals surface area contributed by atoms with Gasteiger partial charge in [0.1, 0.15) is 5.75 Å². The normalized spacial score (nSPS) is 11.0. The zero-order valence-corrected chi connectivity index (χ0v) is 16.5. The zero-order chi connectivity index (χ0) is 19.5. The quantitative estimate of drug-likeness (QED) is 0.403. The van der Waals surface area contributed by atoms with Crippen molar-refractivity contribution in [3.63, 3.8) is 0 Å². The largest absolute Gasteiger partial charge is 0.497 e. The molecular formula is C21H29N3O3. The van der Waals surface area contributed by atoms with Gasteiger partial charge in [-0.1, -0.05) is 18.2 Å². The van der Waals surface area contributed by atoms with Crippen molar-refractivity contribution in [1.29, 1.82) is 0 Å². The van der Waals surface area contributed by atoms with Gasteiger partial charge >= 0.3 is 0 Å². The van der Waals surface area contributed by atoms with Crippen molar-refractivity contribution in [3.05, 3.63) is 53.6 Å². The second-order valence-corrected chi connectivity index (χ2v) is 5.99. The van der Waals surface area contributed by atoms with E-state index in [9.17, 15) is 0 Å². The smallest absolute Gasteiger partial charge is 0.191 e. The molecule has 146 valence electrons. The molecule has 6 nitrogen and oxygen atoms in total. The maximum atomic E-state index is 5.35. The molecule has 2 aromatic rings. The lowest BCUT2D eigenvalue weighted by Crippen LogP contribution is -2.37. The highest BCUT2D eigenvalue weighted by atomic mass is 16.5. The number of hydrogen-bond acceptors (Lipinski definition) is 4. The number of nitrogens with one attached hydrogen (secondary N) is 2. The minimum Gasteiger partial charge on any atom is -0.497 e. The summed E-state index contributed by atoms with van der Waals surface area (Å²) in [7, 11) is 6.74. The summed E-state index contributed by atoms with van der Waals surface area (Å²) < 4.78 is 15.8. The minimum absolute atomic E-state index is 0.708. The summed E-state index contributed by atoms with van der Waals surface area (Å²) >= 11 is 0. The third kappa shape index (κ3) is 6.40. The molecular weight excluding hydrogens is 342 g/mol. The predicted octanol–water partition coefficient (Wildman–Crippen LogP) is 3.01. The Bertz CT molecular complexity index is 730. The van der Waals surface area contributed by atoms with Gasteiger partial charge < -0.3 is 24.8 Å². The van der Waals surface area contributed by atoms with E-state index in [1.807, 2.05) is 36.4 Å². The SMILES string of the molecule is CN=C(NCCCc1ccc(OC)c(OC)c1)NCc1ccc(OC)cc1. The lowest BCUT2D eigenvalue weighted by molar-refractivity contribution is 0.354. The van der Waals surface area contributed by atoms with E-state index in [0.717, 1.165) is 42.6 Å². The van der Waals surface area contributed by atoms with Crippen LogP contribution in [0.4, 0.5) is 0 Å². The van der Waals surface area contributed by atoms with Crippen LogP contribution in [0.25, 0.3) is 0 Å². The van der Waals surface area contributed by atoms with E-state index < -0.39 is 0 Å². The minimum atomic E-state index is 0.708. The fourth-order valence-electron chi connectivity index (χ4n) is 2.69. The predicted molar refractivity (Wildman–Crippen MR) is 109 cm³/mol. The van der Waals surface area contributed by atoms with Crippen molar-refractivity contribution in [2.75, 3.05) is 34.9 Å². The summed E-state index contributed by atoms with van der Waals surface area (Å²) in [4.78, 5) is 4.26. The van der Waals surface area contributed by atoms with Gasteiger partial charge in [0.15, 0.2) is 17.5 Å². The maximum absolute atomic E-state index is 5.35. The van der Waals surface area contributed by atoms with Crippen LogP contribution in [0.15, 0.2) is 47.5 Å². The highest BCUT2D eigenvalue weighted by Gasteiger charge is 2.05. The van der Waals surface area contributed by atoms with Crippen molar-refractivity contribution in [2.45, 2.75) is 19.4 Å². The second kappa shape index (κ2) is 11.0. The molecule has 2 rings (SSSR count). The average Bonchev–Trinajstić information content (AvgIpc) is 2.73. The number of ether oxygens (including phenoxy) is 3. The Morgan fingerprint density at radius 2 is 1.56 bits per heavy atom. The summed E-state index contributed by atoms with van der Waals surface area (Å²) in [5, 5.41) is 6.66. The van der Waals surface area contributed by atoms with Gasteiger partial charge in [-0.15, -0.1) is 0 Å². The molecule has 0 radical (unpaired) electrons. The van der Waals surface area contributed by atoms with Crippen LogP contribution < -0.4 is 24.8 Å². The Kier molecular flexibility index (Phi) is 8.29. The Labute approximate surface area is 161 Å². The van der Waals surface area contributed by atoms with Gasteiger partial charge in [0.2, 0.25) is 0 Å². The summed E-state index contributed by atoms with van der Waals surface area (Å²) in [6, 6.07) is 14.0. The monoisotopic (exact) mass is 371 g/mol. The molecule has 0 atom stereocenters. The molecule has 6 heteroatoms. The van der Waals surface area contributed by atoms with Crippen molar-refractivity contribution in [1.82, 2.24) is 10.6 Å². The lowest BCUT2D eigenvalue weighted by atomic mass is 10.1. The molecule has 0 fully saturated rings. The van der Waals surface area contributed by atoms with E-state index >= 15 is 0 Å². The number of hydrogen-bond donors (Lipinski definition) is 2. The van der Waals surface area contributed by atoms with Crippen LogP contribution in [-0.4, -0.2) is 40.9 Å². The van der Waals surface area contributed by atoms with Crippen molar-refractivity contribution < 1.29 is 14.2 Å². The van der Waals surface area contributed by atoms with Gasteiger partial charge in [-0.05, 0) is 48.2 Å². The van der Waals surface area contributed by atoms with Gasteiger partial charge in [-0.25, -0.2) is 0 Å². The molecule has 0 unspecified atom stereocenters. The fraction of sp³-hybridized carbons (Fsp3) is 0.381. The summed E-state index contributed by atoms with van der Waals surface area (Å²) in [5.74, 6) is 3.16. The van der Waals surface area contributed by atoms with Crippen molar-refractivity contribution in [2.24, 2.45) is 4.99 Å². The van der Waals surface area contributed by atoms with Crippen LogP contribution >= 0.6 is 0 Å². The van der Waals surface area contributed by atoms with Crippen molar-refractivity contribution in [3.8, 4) is 17.2 Å². The Balaban J connectivity index is 1.74. The van der Waals surface area contributed by atoms with E-state index in [2.05, 4.69) is 21.7 Å². The molecule has 0 aromatic heterocycles. The highest BCUT2D eigenvalue weighted by Crippen LogP contribution is 2.27. The Morgan fingerprint density at radius 3 is 2.19 bits per heavy atom. The van der Waals surface area contributed by atoms with E-state index in [-0.39, 0.29) is 0 Å². The van der Waals surface area contributed by atoms with Crippen LogP contribution in [0, 0.1) is 0 Å². The molecule has 0 saturated carbocycles. The van der Waals surface area contributed by atoms with Crippen LogP contribution in [-0.2, 0) is 13.0 Å². The summed E-state index contributed by atoms with van der Waals surface area (Å²) in [6.45, 7) is 1.54. The van der Waals surface area contributed by atoms with E-state index in [0.29, 0.717) is 6.54 Å². The molecule has 0 aliphatic carbocycles. The first-order chi connectivity index (χ1) is 13.2. The number of aliphatic imine (C=N–C) groups is 1. The van der Waals surface area contributed by atoms with Crippen LogP contribution in [0.5, 0.6) is 17.2 Å². The molecule has 0 bridgehead atoms.